The van der Waals surface area contributed by atoms with Gasteiger partial charge in [0.25, 0.3) is 5.91 Å². The molecule has 26 heavy (non-hydrogen) atoms. The lowest BCUT2D eigenvalue weighted by Crippen LogP contribution is -2.20. The largest absolute Gasteiger partial charge is 0.493 e. The molecule has 3 N–H and O–H groups in total. The van der Waals surface area contributed by atoms with Crippen LogP contribution < -0.4 is 15.8 Å². The van der Waals surface area contributed by atoms with Crippen LogP contribution in [0.15, 0.2) is 24.3 Å². The quantitative estimate of drug-likeness (QED) is 0.811. The molecule has 0 saturated carbocycles. The first-order valence-corrected chi connectivity index (χ1v) is 9.70. The first-order chi connectivity index (χ1) is 12.5. The number of carbonyl (C=O) groups is 2. The van der Waals surface area contributed by atoms with Crippen molar-refractivity contribution in [3.8, 4) is 5.75 Å². The molecule has 1 atom stereocenters. The number of hydrogen-bond acceptors (Lipinski definition) is 4. The number of ether oxygens (including phenoxy) is 1. The number of anilines is 1. The second-order valence-corrected chi connectivity index (χ2v) is 7.94. The van der Waals surface area contributed by atoms with Gasteiger partial charge in [0, 0.05) is 4.88 Å². The second kappa shape index (κ2) is 7.91. The average molecular weight is 372 g/mol. The molecule has 3 rings (SSSR count). The van der Waals surface area contributed by atoms with Gasteiger partial charge in [-0.25, -0.2) is 0 Å². The second-order valence-electron chi connectivity index (χ2n) is 6.83. The number of nitrogens with two attached hydrogens (primary N) is 1. The summed E-state index contributed by atoms with van der Waals surface area (Å²) < 4.78 is 5.67. The number of hydrogen-bond donors (Lipinski definition) is 2. The maximum atomic E-state index is 12.3. The highest BCUT2D eigenvalue weighted by Crippen LogP contribution is 2.39. The topological polar surface area (TPSA) is 81.4 Å². The first-order valence-electron chi connectivity index (χ1n) is 8.88. The minimum atomic E-state index is -0.469. The van der Waals surface area contributed by atoms with Gasteiger partial charge in [0.05, 0.1) is 18.6 Å². The molecule has 0 saturated heterocycles. The zero-order valence-electron chi connectivity index (χ0n) is 15.1. The van der Waals surface area contributed by atoms with Gasteiger partial charge in [0.15, 0.2) is 0 Å². The van der Waals surface area contributed by atoms with Crippen LogP contribution in [0.3, 0.4) is 0 Å². The van der Waals surface area contributed by atoms with Crippen molar-refractivity contribution in [2.45, 2.75) is 39.5 Å². The predicted octanol–water partition coefficient (Wildman–Crippen LogP) is 3.69. The van der Waals surface area contributed by atoms with Crippen LogP contribution in [0.1, 0.15) is 46.1 Å². The van der Waals surface area contributed by atoms with Crippen LogP contribution in [-0.4, -0.2) is 18.4 Å². The SMILES string of the molecule is Cc1ccccc1OCCC(=O)Nc1sc2c(c1C(N)=O)CC[C@H](C)C2. The lowest BCUT2D eigenvalue weighted by molar-refractivity contribution is -0.116. The van der Waals surface area contributed by atoms with Crippen molar-refractivity contribution in [1.29, 1.82) is 0 Å². The molecule has 2 amide bonds. The third kappa shape index (κ3) is 4.07. The Kier molecular flexibility index (Phi) is 5.61. The van der Waals surface area contributed by atoms with E-state index in [1.54, 1.807) is 0 Å². The lowest BCUT2D eigenvalue weighted by Gasteiger charge is -2.18. The van der Waals surface area contributed by atoms with E-state index in [0.29, 0.717) is 16.5 Å². The molecule has 1 aliphatic carbocycles. The van der Waals surface area contributed by atoms with E-state index in [2.05, 4.69) is 12.2 Å². The Hall–Kier alpha value is -2.34. The monoisotopic (exact) mass is 372 g/mol. The summed E-state index contributed by atoms with van der Waals surface area (Å²) in [6.07, 6.45) is 3.04. The fourth-order valence-corrected chi connectivity index (χ4v) is 4.69. The highest BCUT2D eigenvalue weighted by atomic mass is 32.1. The van der Waals surface area contributed by atoms with Gasteiger partial charge in [-0.15, -0.1) is 11.3 Å². The van der Waals surface area contributed by atoms with Crippen LogP contribution in [0.25, 0.3) is 0 Å². The lowest BCUT2D eigenvalue weighted by atomic mass is 9.88. The number of rotatable bonds is 6. The third-order valence-corrected chi connectivity index (χ3v) is 5.86. The normalized spacial score (nSPS) is 16.0. The van der Waals surface area contributed by atoms with E-state index in [4.69, 9.17) is 10.5 Å². The number of carbonyl (C=O) groups excluding carboxylic acids is 2. The number of amides is 2. The number of fused-ring (bicyclic) bond motifs is 1. The van der Waals surface area contributed by atoms with Crippen molar-refractivity contribution >= 4 is 28.2 Å². The van der Waals surface area contributed by atoms with Crippen LogP contribution in [0.2, 0.25) is 0 Å². The van der Waals surface area contributed by atoms with Crippen LogP contribution in [0.5, 0.6) is 5.75 Å². The third-order valence-electron chi connectivity index (χ3n) is 4.69. The minimum absolute atomic E-state index is 0.173. The molecule has 0 fully saturated rings. The standard InChI is InChI=1S/C20H24N2O3S/c1-12-7-8-14-16(11-12)26-20(18(14)19(21)24)22-17(23)9-10-25-15-6-4-3-5-13(15)2/h3-6,12H,7-11H2,1-2H3,(H2,21,24)(H,22,23)/t12-/m0/s1. The number of nitrogens with one attached hydrogen (secondary N) is 1. The molecule has 6 heteroatoms. The Balaban J connectivity index is 1.64. The van der Waals surface area contributed by atoms with Gasteiger partial charge in [-0.05, 0) is 49.3 Å². The maximum absolute atomic E-state index is 12.3. The molecule has 0 spiro atoms. The highest BCUT2D eigenvalue weighted by Gasteiger charge is 2.27. The number of aryl methyl sites for hydroxylation is 1. The van der Waals surface area contributed by atoms with Crippen molar-refractivity contribution in [3.05, 3.63) is 45.8 Å². The Bertz CT molecular complexity index is 828. The fraction of sp³-hybridized carbons (Fsp3) is 0.400. The number of para-hydroxylation sites is 1. The first kappa shape index (κ1) is 18.5. The average Bonchev–Trinajstić information content (AvgIpc) is 2.93. The van der Waals surface area contributed by atoms with Gasteiger partial charge in [-0.3, -0.25) is 9.59 Å². The van der Waals surface area contributed by atoms with E-state index in [0.717, 1.165) is 36.1 Å². The van der Waals surface area contributed by atoms with E-state index in [1.807, 2.05) is 31.2 Å². The summed E-state index contributed by atoms with van der Waals surface area (Å²) in [6, 6.07) is 7.69. The van der Waals surface area contributed by atoms with Crippen molar-refractivity contribution in [1.82, 2.24) is 0 Å². The molecular weight excluding hydrogens is 348 g/mol. The smallest absolute Gasteiger partial charge is 0.251 e. The minimum Gasteiger partial charge on any atom is -0.493 e. The van der Waals surface area contributed by atoms with Gasteiger partial charge in [-0.2, -0.15) is 0 Å². The molecule has 138 valence electrons. The molecule has 0 bridgehead atoms. The van der Waals surface area contributed by atoms with Crippen molar-refractivity contribution in [3.63, 3.8) is 0 Å². The Morgan fingerprint density at radius 3 is 2.85 bits per heavy atom. The van der Waals surface area contributed by atoms with Crippen LogP contribution in [-0.2, 0) is 17.6 Å². The molecule has 0 unspecified atom stereocenters. The van der Waals surface area contributed by atoms with Crippen molar-refractivity contribution in [2.75, 3.05) is 11.9 Å². The summed E-state index contributed by atoms with van der Waals surface area (Å²) in [7, 11) is 0. The van der Waals surface area contributed by atoms with E-state index < -0.39 is 5.91 Å². The summed E-state index contributed by atoms with van der Waals surface area (Å²) in [6.45, 7) is 4.45. The predicted molar refractivity (Wildman–Crippen MR) is 104 cm³/mol. The number of primary amides is 1. The van der Waals surface area contributed by atoms with Crippen LogP contribution in [0.4, 0.5) is 5.00 Å². The molecule has 2 aromatic rings. The zero-order valence-corrected chi connectivity index (χ0v) is 15.9. The molecular formula is C20H24N2O3S. The summed E-state index contributed by atoms with van der Waals surface area (Å²) in [5.41, 5.74) is 8.12. The highest BCUT2D eigenvalue weighted by molar-refractivity contribution is 7.17. The molecule has 0 aliphatic heterocycles. The summed E-state index contributed by atoms with van der Waals surface area (Å²) >= 11 is 1.48. The van der Waals surface area contributed by atoms with Crippen molar-refractivity contribution < 1.29 is 14.3 Å². The molecule has 1 aromatic carbocycles. The van der Waals surface area contributed by atoms with Crippen LogP contribution >= 0.6 is 11.3 Å². The Morgan fingerprint density at radius 2 is 2.12 bits per heavy atom. The van der Waals surface area contributed by atoms with E-state index in [9.17, 15) is 9.59 Å². The summed E-state index contributed by atoms with van der Waals surface area (Å²) in [5.74, 6) is 0.725. The van der Waals surface area contributed by atoms with Gasteiger partial charge in [-0.1, -0.05) is 25.1 Å². The molecule has 1 aliphatic rings. The van der Waals surface area contributed by atoms with E-state index in [-0.39, 0.29) is 18.9 Å². The maximum Gasteiger partial charge on any atom is 0.251 e. The van der Waals surface area contributed by atoms with Gasteiger partial charge >= 0.3 is 0 Å². The van der Waals surface area contributed by atoms with E-state index >= 15 is 0 Å². The Labute approximate surface area is 157 Å². The molecule has 1 heterocycles. The summed E-state index contributed by atoms with van der Waals surface area (Å²) in [5, 5.41) is 3.44. The van der Waals surface area contributed by atoms with Crippen LogP contribution in [0, 0.1) is 12.8 Å². The van der Waals surface area contributed by atoms with Crippen molar-refractivity contribution in [2.24, 2.45) is 11.7 Å². The molecule has 5 nitrogen and oxygen atoms in total. The Morgan fingerprint density at radius 1 is 1.35 bits per heavy atom. The number of benzene rings is 1. The van der Waals surface area contributed by atoms with Gasteiger partial charge < -0.3 is 15.8 Å². The fourth-order valence-electron chi connectivity index (χ4n) is 3.26. The number of thiophene rings is 1. The summed E-state index contributed by atoms with van der Waals surface area (Å²) in [4.78, 5) is 25.4. The van der Waals surface area contributed by atoms with E-state index in [1.165, 1.54) is 16.2 Å². The van der Waals surface area contributed by atoms with Gasteiger partial charge in [0.1, 0.15) is 10.8 Å². The zero-order chi connectivity index (χ0) is 18.7. The molecule has 1 aromatic heterocycles. The molecule has 0 radical (unpaired) electrons. The van der Waals surface area contributed by atoms with Gasteiger partial charge in [0.2, 0.25) is 5.91 Å².